The van der Waals surface area contributed by atoms with Crippen molar-refractivity contribution in [1.29, 1.82) is 0 Å². The zero-order valence-electron chi connectivity index (χ0n) is 16.2. The fourth-order valence-electron chi connectivity index (χ4n) is 3.30. The number of hydrogen-bond acceptors (Lipinski definition) is 9. The van der Waals surface area contributed by atoms with Crippen LogP contribution in [0.25, 0.3) is 10.9 Å². The minimum atomic E-state index is -5.22. The predicted molar refractivity (Wildman–Crippen MR) is 108 cm³/mol. The first-order valence-electron chi connectivity index (χ1n) is 8.02. The van der Waals surface area contributed by atoms with Crippen molar-refractivity contribution < 1.29 is 35.5 Å². The Morgan fingerprint density at radius 3 is 1.81 bits per heavy atom. The topological polar surface area (TPSA) is 161 Å². The first kappa shape index (κ1) is 24.0. The van der Waals surface area contributed by atoms with Gasteiger partial charge >= 0.3 is 0 Å². The van der Waals surface area contributed by atoms with Gasteiger partial charge in [-0.2, -0.15) is 0 Å². The lowest BCUT2D eigenvalue weighted by Gasteiger charge is -2.16. The third-order valence-electron chi connectivity index (χ3n) is 4.59. The summed E-state index contributed by atoms with van der Waals surface area (Å²) in [5.74, 6) is -2.37. The number of ketones is 2. The minimum Gasteiger partial charge on any atom is -0.744 e. The smallest absolute Gasteiger partial charge is 0.180 e. The molecule has 0 bridgehead atoms. The summed E-state index contributed by atoms with van der Waals surface area (Å²) in [6.45, 7) is 0. The minimum absolute atomic E-state index is 0. The molecular weight excluding hydrogens is 446 g/mol. The first-order valence-corrected chi connectivity index (χ1v) is 10.8. The third-order valence-corrected chi connectivity index (χ3v) is 6.25. The van der Waals surface area contributed by atoms with Crippen LogP contribution >= 0.6 is 0 Å². The van der Waals surface area contributed by atoms with Crippen LogP contribution in [0.15, 0.2) is 58.3 Å². The zero-order valence-corrected chi connectivity index (χ0v) is 17.9. The van der Waals surface area contributed by atoms with E-state index in [9.17, 15) is 35.5 Å². The molecule has 0 fully saturated rings. The summed E-state index contributed by atoms with van der Waals surface area (Å²) in [5, 5.41) is -0.115. The largest absolute Gasteiger partial charge is 0.744 e. The quantitative estimate of drug-likeness (QED) is 0.323. The van der Waals surface area contributed by atoms with Gasteiger partial charge in [-0.25, -0.2) is 16.8 Å². The number of fused-ring (bicyclic) bond motifs is 2. The van der Waals surface area contributed by atoms with Crippen LogP contribution in [0.5, 0.6) is 0 Å². The molecule has 1 aliphatic carbocycles. The average Bonchev–Trinajstić information content (AvgIpc) is 2.90. The van der Waals surface area contributed by atoms with Crippen LogP contribution in [0, 0.1) is 14.9 Å². The van der Waals surface area contributed by atoms with Crippen LogP contribution in [0.1, 0.15) is 32.3 Å². The molecule has 4 rings (SSSR count). The van der Waals surface area contributed by atoms with Crippen molar-refractivity contribution >= 4 is 42.7 Å². The van der Waals surface area contributed by atoms with E-state index in [-0.39, 0.29) is 37.1 Å². The highest BCUT2D eigenvalue weighted by molar-refractivity contribution is 7.86. The van der Waals surface area contributed by atoms with Gasteiger partial charge < -0.3 is 9.11 Å². The van der Waals surface area contributed by atoms with Crippen molar-refractivity contribution in [2.75, 3.05) is 0 Å². The molecule has 3 aromatic rings. The second-order valence-corrected chi connectivity index (χ2v) is 9.07. The van der Waals surface area contributed by atoms with Crippen molar-refractivity contribution in [3.8, 4) is 0 Å². The zero-order chi connectivity index (χ0) is 21.1. The molecule has 11 heteroatoms. The summed E-state index contributed by atoms with van der Waals surface area (Å²) in [5.41, 5.74) is -0.115. The molecule has 160 valence electrons. The van der Waals surface area contributed by atoms with Gasteiger partial charge in [-0.3, -0.25) is 14.6 Å². The van der Waals surface area contributed by atoms with Gasteiger partial charge in [0.25, 0.3) is 0 Å². The van der Waals surface area contributed by atoms with E-state index in [0.29, 0.717) is 6.07 Å². The molecule has 2 aromatic carbocycles. The van der Waals surface area contributed by atoms with Crippen LogP contribution in [0.3, 0.4) is 0 Å². The third kappa shape index (κ3) is 3.91. The summed E-state index contributed by atoms with van der Waals surface area (Å²) < 4.78 is 68.8. The Bertz CT molecular complexity index is 1410. The number of benzene rings is 2. The second-order valence-electron chi connectivity index (χ2n) is 6.34. The number of carbonyl (C=O) groups is 2. The average molecular weight is 461 g/mol. The van der Waals surface area contributed by atoms with Crippen LogP contribution in [-0.2, 0) is 20.2 Å². The van der Waals surface area contributed by atoms with Gasteiger partial charge in [0, 0.05) is 31.4 Å². The Balaban J connectivity index is 0.00000171. The molecule has 0 radical (unpaired) electrons. The van der Waals surface area contributed by atoms with E-state index in [0.717, 1.165) is 6.07 Å². The van der Waals surface area contributed by atoms with Crippen molar-refractivity contribution in [2.24, 2.45) is 0 Å². The molecule has 1 aliphatic rings. The maximum atomic E-state index is 12.6. The molecule has 0 aliphatic heterocycles. The number of rotatable bonds is 3. The maximum absolute atomic E-state index is 12.6. The molecule has 0 spiro atoms. The fraction of sp³-hybridized carbons (Fsp3) is 0.0500. The molecule has 0 atom stereocenters. The number of carbonyl (C=O) groups excluding carboxylic acids is 2. The Morgan fingerprint density at radius 1 is 0.774 bits per heavy atom. The van der Waals surface area contributed by atoms with Gasteiger partial charge in [0.05, 0.1) is 21.0 Å². The van der Waals surface area contributed by atoms with E-state index in [1.165, 1.54) is 24.3 Å². The highest BCUT2D eigenvalue weighted by Gasteiger charge is 2.40. The number of nitrogens with zero attached hydrogens (tertiary/aromatic N) is 1. The Labute approximate surface area is 179 Å². The summed E-state index contributed by atoms with van der Waals surface area (Å²) >= 11 is 0. The van der Waals surface area contributed by atoms with E-state index in [1.54, 1.807) is 12.1 Å². The van der Waals surface area contributed by atoms with Crippen LogP contribution < -0.4 is 0 Å². The van der Waals surface area contributed by atoms with E-state index in [1.807, 2.05) is 0 Å². The molecule has 1 heterocycles. The van der Waals surface area contributed by atoms with E-state index in [4.69, 9.17) is 0 Å². The molecule has 9 nitrogen and oxygen atoms in total. The lowest BCUT2D eigenvalue weighted by molar-refractivity contribution is 0.0888. The summed E-state index contributed by atoms with van der Waals surface area (Å²) in [6.07, 6.45) is 0. The molecule has 0 amide bonds. The number of hydrogen-bond donors (Lipinski definition) is 0. The SMILES string of the molecule is O=C1c2ccccc2C(=O)C1c1ccc2cc(S(=O)(=O)[O-])cc(S(=O)(=O)[O-])c2n1.[CH3+].[CH3+]. The fourth-order valence-corrected chi connectivity index (χ4v) is 4.58. The molecule has 0 saturated heterocycles. The number of aromatic nitrogens is 1. The summed E-state index contributed by atoms with van der Waals surface area (Å²) in [6, 6.07) is 9.89. The monoisotopic (exact) mass is 461 g/mol. The molecule has 0 N–H and O–H groups in total. The number of pyridine rings is 1. The van der Waals surface area contributed by atoms with Gasteiger partial charge in [-0.05, 0) is 18.2 Å². The number of Topliss-reactive ketones (excluding diaryl/α,β-unsaturated/α-hetero) is 2. The van der Waals surface area contributed by atoms with Gasteiger partial charge in [0.1, 0.15) is 26.2 Å². The summed E-state index contributed by atoms with van der Waals surface area (Å²) in [4.78, 5) is 27.4. The Hall–Kier alpha value is -3.25. The van der Waals surface area contributed by atoms with Crippen LogP contribution in [0.4, 0.5) is 0 Å². The van der Waals surface area contributed by atoms with Gasteiger partial charge in [0.15, 0.2) is 11.6 Å². The second kappa shape index (κ2) is 7.78. The van der Waals surface area contributed by atoms with E-state index < -0.39 is 53.0 Å². The summed E-state index contributed by atoms with van der Waals surface area (Å²) in [7, 11) is -10.3. The van der Waals surface area contributed by atoms with Crippen molar-refractivity contribution in [3.63, 3.8) is 0 Å². The lowest BCUT2D eigenvalue weighted by atomic mass is 9.98. The predicted octanol–water partition coefficient (Wildman–Crippen LogP) is 2.11. The van der Waals surface area contributed by atoms with Crippen molar-refractivity contribution in [1.82, 2.24) is 4.98 Å². The van der Waals surface area contributed by atoms with Crippen LogP contribution in [0.2, 0.25) is 0 Å². The normalized spacial score (nSPS) is 14.1. The van der Waals surface area contributed by atoms with E-state index >= 15 is 0 Å². The molecule has 31 heavy (non-hydrogen) atoms. The standard InChI is InChI=1S/C18H11NO8S2.2CH3/c20-17-11-3-1-2-4-12(11)18(21)15(17)13-6-5-9-7-10(28(22,23)24)8-14(16(9)19-13)29(25,26)27;;/h1-8,15H,(H,22,23,24)(H,25,26,27);2*1H3/q;2*+1/p-2. The molecule has 0 unspecified atom stereocenters. The first-order chi connectivity index (χ1) is 13.5. The molecular formula is C20H15NO8S2. The molecule has 1 aromatic heterocycles. The lowest BCUT2D eigenvalue weighted by Crippen LogP contribution is -2.15. The van der Waals surface area contributed by atoms with Crippen LogP contribution in [-0.4, -0.2) is 42.5 Å². The van der Waals surface area contributed by atoms with Gasteiger partial charge in [-0.15, -0.1) is 0 Å². The highest BCUT2D eigenvalue weighted by Crippen LogP contribution is 2.35. The Kier molecular flexibility index (Phi) is 6.03. The van der Waals surface area contributed by atoms with Gasteiger partial charge in [-0.1, -0.05) is 30.3 Å². The molecule has 0 saturated carbocycles. The Morgan fingerprint density at radius 2 is 1.32 bits per heavy atom. The van der Waals surface area contributed by atoms with Gasteiger partial charge in [0.2, 0.25) is 0 Å². The highest BCUT2D eigenvalue weighted by atomic mass is 32.2. The van der Waals surface area contributed by atoms with Crippen molar-refractivity contribution in [3.05, 3.63) is 80.2 Å². The van der Waals surface area contributed by atoms with Crippen molar-refractivity contribution in [2.45, 2.75) is 15.7 Å². The maximum Gasteiger partial charge on any atom is 0.180 e. The van der Waals surface area contributed by atoms with E-state index in [2.05, 4.69) is 4.98 Å².